The molecule has 0 amide bonds. The summed E-state index contributed by atoms with van der Waals surface area (Å²) in [6.45, 7) is 2.21. The Morgan fingerprint density at radius 2 is 1.82 bits per heavy atom. The number of ether oxygens (including phenoxy) is 1. The highest BCUT2D eigenvalue weighted by molar-refractivity contribution is 7.85. The predicted octanol–water partition coefficient (Wildman–Crippen LogP) is 2.37. The minimum atomic E-state index is -4.54. The number of hydrogen-bond donors (Lipinski definition) is 2. The van der Waals surface area contributed by atoms with Gasteiger partial charge in [0, 0.05) is 0 Å². The Bertz CT molecular complexity index is 649. The molecule has 122 valence electrons. The smallest absolute Gasteiger partial charge is 0.339 e. The summed E-state index contributed by atoms with van der Waals surface area (Å²) in [5.74, 6) is -2.32. The summed E-state index contributed by atoms with van der Waals surface area (Å²) in [4.78, 5) is 22.4. The van der Waals surface area contributed by atoms with E-state index >= 15 is 0 Å². The Labute approximate surface area is 128 Å². The fourth-order valence-electron chi connectivity index (χ4n) is 1.81. The summed E-state index contributed by atoms with van der Waals surface area (Å²) >= 11 is 0. The SMILES string of the molecule is CCCCCCOC(=O)c1ccc(S(=O)(=O)O)cc1C(=O)O. The van der Waals surface area contributed by atoms with Crippen molar-refractivity contribution in [2.75, 3.05) is 6.61 Å². The number of benzene rings is 1. The maximum atomic E-state index is 11.9. The van der Waals surface area contributed by atoms with Crippen LogP contribution in [0.15, 0.2) is 23.1 Å². The predicted molar refractivity (Wildman–Crippen MR) is 77.6 cm³/mol. The number of carboxylic acids is 1. The van der Waals surface area contributed by atoms with Gasteiger partial charge in [-0.15, -0.1) is 0 Å². The normalized spacial score (nSPS) is 11.2. The Balaban J connectivity index is 2.90. The molecule has 1 aromatic rings. The molecular weight excluding hydrogens is 312 g/mol. The number of hydrogen-bond acceptors (Lipinski definition) is 5. The van der Waals surface area contributed by atoms with Crippen LogP contribution in [0.3, 0.4) is 0 Å². The van der Waals surface area contributed by atoms with Gasteiger partial charge >= 0.3 is 11.9 Å². The molecule has 0 aliphatic carbocycles. The summed E-state index contributed by atoms with van der Waals surface area (Å²) < 4.78 is 35.9. The number of rotatable bonds is 8. The van der Waals surface area contributed by atoms with Crippen molar-refractivity contribution in [2.24, 2.45) is 0 Å². The van der Waals surface area contributed by atoms with E-state index in [0.717, 1.165) is 37.5 Å². The topological polar surface area (TPSA) is 118 Å². The van der Waals surface area contributed by atoms with E-state index in [1.54, 1.807) is 0 Å². The second-order valence-electron chi connectivity index (χ2n) is 4.68. The van der Waals surface area contributed by atoms with Crippen molar-refractivity contribution in [3.63, 3.8) is 0 Å². The number of aromatic carboxylic acids is 1. The third-order valence-electron chi connectivity index (χ3n) is 2.97. The van der Waals surface area contributed by atoms with Crippen LogP contribution in [0.25, 0.3) is 0 Å². The van der Waals surface area contributed by atoms with E-state index < -0.39 is 32.5 Å². The fourth-order valence-corrected chi connectivity index (χ4v) is 2.32. The highest BCUT2D eigenvalue weighted by Gasteiger charge is 2.21. The van der Waals surface area contributed by atoms with Gasteiger partial charge in [-0.3, -0.25) is 4.55 Å². The van der Waals surface area contributed by atoms with Crippen LogP contribution in [-0.2, 0) is 14.9 Å². The van der Waals surface area contributed by atoms with E-state index in [0.29, 0.717) is 6.42 Å². The lowest BCUT2D eigenvalue weighted by Crippen LogP contribution is -2.13. The standard InChI is InChI=1S/C14H18O7S/c1-2-3-4-5-8-21-14(17)11-7-6-10(22(18,19)20)9-12(11)13(15)16/h6-7,9H,2-5,8H2,1H3,(H,15,16)(H,18,19,20). The number of unbranched alkanes of at least 4 members (excludes halogenated alkanes) is 3. The lowest BCUT2D eigenvalue weighted by atomic mass is 10.1. The van der Waals surface area contributed by atoms with Crippen molar-refractivity contribution in [3.05, 3.63) is 29.3 Å². The maximum Gasteiger partial charge on any atom is 0.339 e. The highest BCUT2D eigenvalue weighted by atomic mass is 32.2. The molecule has 0 bridgehead atoms. The lowest BCUT2D eigenvalue weighted by molar-refractivity contribution is 0.0487. The van der Waals surface area contributed by atoms with Crippen molar-refractivity contribution >= 4 is 22.1 Å². The number of carbonyl (C=O) groups is 2. The van der Waals surface area contributed by atoms with Crippen LogP contribution < -0.4 is 0 Å². The van der Waals surface area contributed by atoms with Crippen molar-refractivity contribution in [3.8, 4) is 0 Å². The Kier molecular flexibility index (Phi) is 6.51. The molecule has 2 N–H and O–H groups in total. The van der Waals surface area contributed by atoms with Gasteiger partial charge in [-0.1, -0.05) is 26.2 Å². The van der Waals surface area contributed by atoms with Crippen LogP contribution in [0.1, 0.15) is 53.3 Å². The highest BCUT2D eigenvalue weighted by Crippen LogP contribution is 2.17. The van der Waals surface area contributed by atoms with Crippen LogP contribution in [0.5, 0.6) is 0 Å². The van der Waals surface area contributed by atoms with Gasteiger partial charge in [-0.2, -0.15) is 8.42 Å². The minimum absolute atomic E-state index is 0.165. The molecule has 8 heteroatoms. The zero-order valence-corrected chi connectivity index (χ0v) is 12.9. The third-order valence-corrected chi connectivity index (χ3v) is 3.82. The second kappa shape index (κ2) is 7.90. The molecule has 1 aromatic carbocycles. The zero-order valence-electron chi connectivity index (χ0n) is 12.1. The summed E-state index contributed by atoms with van der Waals surface area (Å²) in [5.41, 5.74) is -0.788. The van der Waals surface area contributed by atoms with E-state index in [2.05, 4.69) is 0 Å². The van der Waals surface area contributed by atoms with Gasteiger partial charge in [0.1, 0.15) is 0 Å². The first-order valence-electron chi connectivity index (χ1n) is 6.79. The molecular formula is C14H18O7S. The maximum absolute atomic E-state index is 11.9. The average molecular weight is 330 g/mol. The van der Waals surface area contributed by atoms with E-state index in [1.807, 2.05) is 6.92 Å². The van der Waals surface area contributed by atoms with Gasteiger partial charge < -0.3 is 9.84 Å². The van der Waals surface area contributed by atoms with Gasteiger partial charge in [0.05, 0.1) is 22.6 Å². The van der Waals surface area contributed by atoms with Crippen molar-refractivity contribution in [2.45, 2.75) is 37.5 Å². The first-order valence-corrected chi connectivity index (χ1v) is 8.23. The molecule has 22 heavy (non-hydrogen) atoms. The molecule has 0 radical (unpaired) electrons. The van der Waals surface area contributed by atoms with Crippen LogP contribution in [-0.4, -0.2) is 36.6 Å². The van der Waals surface area contributed by atoms with E-state index in [4.69, 9.17) is 14.4 Å². The Morgan fingerprint density at radius 1 is 1.14 bits per heavy atom. The van der Waals surface area contributed by atoms with Gasteiger partial charge in [-0.25, -0.2) is 9.59 Å². The summed E-state index contributed by atoms with van der Waals surface area (Å²) in [6, 6.07) is 2.70. The summed E-state index contributed by atoms with van der Waals surface area (Å²) in [5, 5.41) is 9.06. The van der Waals surface area contributed by atoms with E-state index in [9.17, 15) is 18.0 Å². The molecule has 7 nitrogen and oxygen atoms in total. The van der Waals surface area contributed by atoms with E-state index in [1.165, 1.54) is 0 Å². The van der Waals surface area contributed by atoms with Crippen LogP contribution in [0.4, 0.5) is 0 Å². The molecule has 0 atom stereocenters. The van der Waals surface area contributed by atoms with Gasteiger partial charge in [0.2, 0.25) is 0 Å². The minimum Gasteiger partial charge on any atom is -0.478 e. The van der Waals surface area contributed by atoms with Crippen LogP contribution in [0.2, 0.25) is 0 Å². The molecule has 0 aliphatic heterocycles. The monoisotopic (exact) mass is 330 g/mol. The molecule has 0 aromatic heterocycles. The zero-order chi connectivity index (χ0) is 16.8. The quantitative estimate of drug-likeness (QED) is 0.427. The Hall–Kier alpha value is -1.93. The van der Waals surface area contributed by atoms with Crippen molar-refractivity contribution in [1.29, 1.82) is 0 Å². The number of carbonyl (C=O) groups excluding carboxylic acids is 1. The second-order valence-corrected chi connectivity index (χ2v) is 6.11. The molecule has 0 unspecified atom stereocenters. The van der Waals surface area contributed by atoms with Gasteiger partial charge in [-0.05, 0) is 24.6 Å². The fraction of sp³-hybridized carbons (Fsp3) is 0.429. The largest absolute Gasteiger partial charge is 0.478 e. The molecule has 0 fully saturated rings. The summed E-state index contributed by atoms with van der Waals surface area (Å²) in [6.07, 6.45) is 3.62. The number of esters is 1. The first-order chi connectivity index (χ1) is 10.3. The molecule has 0 aliphatic rings. The van der Waals surface area contributed by atoms with Crippen LogP contribution in [0, 0.1) is 0 Å². The van der Waals surface area contributed by atoms with Crippen molar-refractivity contribution in [1.82, 2.24) is 0 Å². The molecule has 0 saturated carbocycles. The van der Waals surface area contributed by atoms with Gasteiger partial charge in [0.15, 0.2) is 0 Å². The summed E-state index contributed by atoms with van der Waals surface area (Å²) in [7, 11) is -4.54. The van der Waals surface area contributed by atoms with E-state index in [-0.39, 0.29) is 12.2 Å². The number of carboxylic acid groups (broad SMARTS) is 1. The van der Waals surface area contributed by atoms with Crippen LogP contribution >= 0.6 is 0 Å². The Morgan fingerprint density at radius 3 is 2.36 bits per heavy atom. The molecule has 0 spiro atoms. The molecule has 0 saturated heterocycles. The third kappa shape index (κ3) is 5.12. The molecule has 1 rings (SSSR count). The lowest BCUT2D eigenvalue weighted by Gasteiger charge is -2.08. The van der Waals surface area contributed by atoms with Gasteiger partial charge in [0.25, 0.3) is 10.1 Å². The molecule has 0 heterocycles. The first kappa shape index (κ1) is 18.1. The van der Waals surface area contributed by atoms with Crippen molar-refractivity contribution < 1.29 is 32.4 Å². The average Bonchev–Trinajstić information content (AvgIpc) is 2.45.